The van der Waals surface area contributed by atoms with Gasteiger partial charge in [0, 0.05) is 6.04 Å². The molecule has 1 aliphatic rings. The van der Waals surface area contributed by atoms with Crippen molar-refractivity contribution in [3.63, 3.8) is 0 Å². The number of nitrogens with two attached hydrogens (primary N) is 1. The van der Waals surface area contributed by atoms with Gasteiger partial charge in [-0.1, -0.05) is 18.6 Å². The molecule has 1 saturated carbocycles. The highest BCUT2D eigenvalue weighted by molar-refractivity contribution is 5.29. The second-order valence-corrected chi connectivity index (χ2v) is 5.66. The van der Waals surface area contributed by atoms with Crippen LogP contribution in [0.25, 0.3) is 0 Å². The van der Waals surface area contributed by atoms with E-state index in [4.69, 9.17) is 10.5 Å². The lowest BCUT2D eigenvalue weighted by atomic mass is 9.91. The molecule has 0 bridgehead atoms. The van der Waals surface area contributed by atoms with Crippen LogP contribution in [0.3, 0.4) is 0 Å². The lowest BCUT2D eigenvalue weighted by Gasteiger charge is -2.36. The maximum absolute atomic E-state index is 6.23. The van der Waals surface area contributed by atoms with Gasteiger partial charge in [-0.2, -0.15) is 0 Å². The summed E-state index contributed by atoms with van der Waals surface area (Å²) in [5, 5.41) is 0. The predicted molar refractivity (Wildman–Crippen MR) is 79.6 cm³/mol. The minimum atomic E-state index is 0.317. The van der Waals surface area contributed by atoms with Gasteiger partial charge >= 0.3 is 0 Å². The van der Waals surface area contributed by atoms with Crippen LogP contribution in [0.1, 0.15) is 31.2 Å². The fourth-order valence-corrected chi connectivity index (χ4v) is 2.92. The Morgan fingerprint density at radius 3 is 2.79 bits per heavy atom. The van der Waals surface area contributed by atoms with E-state index in [9.17, 15) is 0 Å². The van der Waals surface area contributed by atoms with Gasteiger partial charge < -0.3 is 15.4 Å². The van der Waals surface area contributed by atoms with Crippen LogP contribution in [0.4, 0.5) is 0 Å². The number of likely N-dealkylation sites (N-methyl/N-ethyl adjacent to an activating group) is 1. The fourth-order valence-electron chi connectivity index (χ4n) is 2.92. The molecule has 3 heteroatoms. The van der Waals surface area contributed by atoms with Crippen molar-refractivity contribution in [2.45, 2.75) is 44.2 Å². The SMILES string of the molecule is CN(C)C1CCCCC1Oc1cccc(CCN)c1. The van der Waals surface area contributed by atoms with Crippen molar-refractivity contribution in [2.75, 3.05) is 20.6 Å². The van der Waals surface area contributed by atoms with Crippen molar-refractivity contribution < 1.29 is 4.74 Å². The monoisotopic (exact) mass is 262 g/mol. The normalized spacial score (nSPS) is 23.6. The van der Waals surface area contributed by atoms with E-state index in [-0.39, 0.29) is 0 Å². The van der Waals surface area contributed by atoms with E-state index in [1.807, 2.05) is 0 Å². The Hall–Kier alpha value is -1.06. The van der Waals surface area contributed by atoms with E-state index in [0.717, 1.165) is 18.6 Å². The van der Waals surface area contributed by atoms with Crippen molar-refractivity contribution in [2.24, 2.45) is 5.73 Å². The summed E-state index contributed by atoms with van der Waals surface area (Å²) >= 11 is 0. The molecule has 106 valence electrons. The lowest BCUT2D eigenvalue weighted by Crippen LogP contribution is -2.44. The molecular formula is C16H26N2O. The zero-order valence-electron chi connectivity index (χ0n) is 12.1. The number of rotatable bonds is 5. The Morgan fingerprint density at radius 1 is 1.26 bits per heavy atom. The molecule has 19 heavy (non-hydrogen) atoms. The summed E-state index contributed by atoms with van der Waals surface area (Å²) in [5.74, 6) is 0.990. The van der Waals surface area contributed by atoms with E-state index >= 15 is 0 Å². The standard InChI is InChI=1S/C16H26N2O/c1-18(2)15-8-3-4-9-16(15)19-14-7-5-6-13(12-14)10-11-17/h5-7,12,15-16H,3-4,8-11,17H2,1-2H3. The summed E-state index contributed by atoms with van der Waals surface area (Å²) in [4.78, 5) is 2.30. The Kier molecular flexibility index (Phi) is 5.23. The van der Waals surface area contributed by atoms with Gasteiger partial charge in [0.1, 0.15) is 11.9 Å². The molecule has 0 spiro atoms. The minimum absolute atomic E-state index is 0.317. The number of nitrogens with zero attached hydrogens (tertiary/aromatic N) is 1. The molecule has 1 aromatic carbocycles. The Balaban J connectivity index is 2.04. The highest BCUT2D eigenvalue weighted by Crippen LogP contribution is 2.26. The fraction of sp³-hybridized carbons (Fsp3) is 0.625. The molecule has 2 rings (SSSR count). The number of hydrogen-bond acceptors (Lipinski definition) is 3. The zero-order chi connectivity index (χ0) is 13.7. The summed E-state index contributed by atoms with van der Waals surface area (Å²) < 4.78 is 6.23. The van der Waals surface area contributed by atoms with E-state index in [2.05, 4.69) is 43.3 Å². The van der Waals surface area contributed by atoms with Crippen molar-refractivity contribution >= 4 is 0 Å². The molecule has 0 radical (unpaired) electrons. The van der Waals surface area contributed by atoms with Crippen LogP contribution in [0, 0.1) is 0 Å². The first-order chi connectivity index (χ1) is 9.20. The molecule has 0 aromatic heterocycles. The highest BCUT2D eigenvalue weighted by Gasteiger charge is 2.28. The van der Waals surface area contributed by atoms with Crippen LogP contribution in [-0.2, 0) is 6.42 Å². The second kappa shape index (κ2) is 6.92. The predicted octanol–water partition coefficient (Wildman–Crippen LogP) is 2.44. The van der Waals surface area contributed by atoms with E-state index in [1.54, 1.807) is 0 Å². The van der Waals surface area contributed by atoms with E-state index in [0.29, 0.717) is 18.7 Å². The Labute approximate surface area is 116 Å². The lowest BCUT2D eigenvalue weighted by molar-refractivity contribution is 0.0622. The molecule has 2 atom stereocenters. The van der Waals surface area contributed by atoms with E-state index < -0.39 is 0 Å². The van der Waals surface area contributed by atoms with Crippen LogP contribution >= 0.6 is 0 Å². The molecular weight excluding hydrogens is 236 g/mol. The van der Waals surface area contributed by atoms with Gasteiger partial charge in [0.05, 0.1) is 0 Å². The number of benzene rings is 1. The molecule has 0 heterocycles. The van der Waals surface area contributed by atoms with Crippen LogP contribution in [-0.4, -0.2) is 37.7 Å². The van der Waals surface area contributed by atoms with Crippen LogP contribution in [0.5, 0.6) is 5.75 Å². The molecule has 0 aliphatic heterocycles. The molecule has 1 fully saturated rings. The zero-order valence-corrected chi connectivity index (χ0v) is 12.1. The van der Waals surface area contributed by atoms with Gasteiger partial charge in [0.2, 0.25) is 0 Å². The summed E-state index contributed by atoms with van der Waals surface area (Å²) in [5.41, 5.74) is 6.87. The van der Waals surface area contributed by atoms with Crippen molar-refractivity contribution in [3.8, 4) is 5.75 Å². The van der Waals surface area contributed by atoms with Gasteiger partial charge in [0.15, 0.2) is 0 Å². The average molecular weight is 262 g/mol. The van der Waals surface area contributed by atoms with Crippen LogP contribution in [0.2, 0.25) is 0 Å². The van der Waals surface area contributed by atoms with Crippen molar-refractivity contribution in [1.29, 1.82) is 0 Å². The Morgan fingerprint density at radius 2 is 2.05 bits per heavy atom. The van der Waals surface area contributed by atoms with Gasteiger partial charge in [-0.25, -0.2) is 0 Å². The molecule has 1 aromatic rings. The quantitative estimate of drug-likeness (QED) is 0.886. The van der Waals surface area contributed by atoms with E-state index in [1.165, 1.54) is 24.8 Å². The summed E-state index contributed by atoms with van der Waals surface area (Å²) in [7, 11) is 4.30. The van der Waals surface area contributed by atoms with Gasteiger partial charge in [-0.3, -0.25) is 0 Å². The third-order valence-electron chi connectivity index (χ3n) is 3.95. The first-order valence-corrected chi connectivity index (χ1v) is 7.33. The Bertz CT molecular complexity index is 392. The summed E-state index contributed by atoms with van der Waals surface area (Å²) in [6, 6.07) is 8.90. The van der Waals surface area contributed by atoms with Crippen LogP contribution in [0.15, 0.2) is 24.3 Å². The highest BCUT2D eigenvalue weighted by atomic mass is 16.5. The molecule has 1 aliphatic carbocycles. The number of ether oxygens (including phenoxy) is 1. The molecule has 2 N–H and O–H groups in total. The average Bonchev–Trinajstić information content (AvgIpc) is 2.40. The van der Waals surface area contributed by atoms with Gasteiger partial charge in [-0.15, -0.1) is 0 Å². The summed E-state index contributed by atoms with van der Waals surface area (Å²) in [6.07, 6.45) is 6.22. The largest absolute Gasteiger partial charge is 0.489 e. The summed E-state index contributed by atoms with van der Waals surface area (Å²) in [6.45, 7) is 0.688. The first-order valence-electron chi connectivity index (χ1n) is 7.33. The smallest absolute Gasteiger partial charge is 0.120 e. The third kappa shape index (κ3) is 3.95. The van der Waals surface area contributed by atoms with Crippen molar-refractivity contribution in [1.82, 2.24) is 4.90 Å². The third-order valence-corrected chi connectivity index (χ3v) is 3.95. The maximum Gasteiger partial charge on any atom is 0.120 e. The molecule has 2 unspecified atom stereocenters. The van der Waals surface area contributed by atoms with Crippen LogP contribution < -0.4 is 10.5 Å². The topological polar surface area (TPSA) is 38.5 Å². The first kappa shape index (κ1) is 14.4. The second-order valence-electron chi connectivity index (χ2n) is 5.66. The maximum atomic E-state index is 6.23. The minimum Gasteiger partial charge on any atom is -0.489 e. The molecule has 0 amide bonds. The van der Waals surface area contributed by atoms with Crippen molar-refractivity contribution in [3.05, 3.63) is 29.8 Å². The number of hydrogen-bond donors (Lipinski definition) is 1. The van der Waals surface area contributed by atoms with Gasteiger partial charge in [-0.05, 0) is 64.0 Å². The molecule has 3 nitrogen and oxygen atoms in total. The van der Waals surface area contributed by atoms with Gasteiger partial charge in [0.25, 0.3) is 0 Å². The molecule has 0 saturated heterocycles.